The molecule has 0 saturated heterocycles. The van der Waals surface area contributed by atoms with Gasteiger partial charge < -0.3 is 15.3 Å². The summed E-state index contributed by atoms with van der Waals surface area (Å²) in [6.45, 7) is 2.56. The molecule has 1 aliphatic rings. The summed E-state index contributed by atoms with van der Waals surface area (Å²) in [7, 11) is -1.77. The molecule has 2 atom stereocenters. The lowest BCUT2D eigenvalue weighted by Gasteiger charge is -2.30. The average molecular weight is 456 g/mol. The molecule has 0 amide bonds. The number of rotatable bonds is 6. The number of nitrogens with zero attached hydrogens (tertiary/aromatic N) is 4. The quantitative estimate of drug-likeness (QED) is 0.584. The third kappa shape index (κ3) is 4.31. The zero-order valence-electron chi connectivity index (χ0n) is 17.6. The molecule has 0 spiro atoms. The van der Waals surface area contributed by atoms with Crippen molar-refractivity contribution < 1.29 is 18.5 Å². The van der Waals surface area contributed by atoms with E-state index in [-0.39, 0.29) is 11.8 Å². The van der Waals surface area contributed by atoms with Crippen LogP contribution in [-0.4, -0.2) is 47.9 Å². The molecule has 1 aliphatic heterocycles. The van der Waals surface area contributed by atoms with E-state index in [4.69, 9.17) is 0 Å². The maximum absolute atomic E-state index is 13.4. The number of carboxylic acids is 1. The van der Waals surface area contributed by atoms with Crippen LogP contribution in [0, 0.1) is 5.82 Å². The van der Waals surface area contributed by atoms with Crippen molar-refractivity contribution in [1.82, 2.24) is 15.0 Å². The topological polar surface area (TPSA) is 108 Å². The number of halogens is 1. The van der Waals surface area contributed by atoms with Gasteiger partial charge in [0.2, 0.25) is 16.8 Å². The van der Waals surface area contributed by atoms with Gasteiger partial charge in [-0.25, -0.2) is 9.18 Å². The zero-order valence-corrected chi connectivity index (χ0v) is 18.4. The van der Waals surface area contributed by atoms with Crippen molar-refractivity contribution in [2.45, 2.75) is 24.8 Å². The Hall–Kier alpha value is -3.40. The van der Waals surface area contributed by atoms with E-state index >= 15 is 0 Å². The van der Waals surface area contributed by atoms with Crippen LogP contribution in [0.2, 0.25) is 0 Å². The molecule has 8 nitrogen and oxygen atoms in total. The monoisotopic (exact) mass is 455 g/mol. The molecule has 2 heterocycles. The van der Waals surface area contributed by atoms with E-state index in [1.807, 2.05) is 23.1 Å². The van der Waals surface area contributed by atoms with Crippen molar-refractivity contribution in [3.8, 4) is 11.4 Å². The molecule has 2 N–H and O–H groups in total. The molecule has 2 aromatic carbocycles. The second-order valence-corrected chi connectivity index (χ2v) is 9.37. The molecule has 0 radical (unpaired) electrons. The van der Waals surface area contributed by atoms with Crippen LogP contribution >= 0.6 is 0 Å². The first-order valence-electron chi connectivity index (χ1n) is 9.95. The molecule has 1 aromatic heterocycles. The number of carbonyl (C=O) groups is 1. The number of fused-ring (bicyclic) bond motifs is 1. The minimum atomic E-state index is -1.80. The fraction of sp³-hybridized carbons (Fsp3) is 0.273. The van der Waals surface area contributed by atoms with Crippen molar-refractivity contribution >= 4 is 28.7 Å². The van der Waals surface area contributed by atoms with Crippen molar-refractivity contribution in [2.75, 3.05) is 23.0 Å². The molecule has 0 aliphatic carbocycles. The predicted octanol–water partition coefficient (Wildman–Crippen LogP) is 2.83. The molecular formula is C22H22FN5O3S. The normalized spacial score (nSPS) is 16.0. The van der Waals surface area contributed by atoms with E-state index in [1.54, 1.807) is 0 Å². The van der Waals surface area contributed by atoms with E-state index in [2.05, 4.69) is 26.3 Å². The summed E-state index contributed by atoms with van der Waals surface area (Å²) in [6, 6.07) is 13.8. The summed E-state index contributed by atoms with van der Waals surface area (Å²) in [5.74, 6) is -1.10. The van der Waals surface area contributed by atoms with Crippen LogP contribution in [0.3, 0.4) is 0 Å². The highest BCUT2D eigenvalue weighted by atomic mass is 32.2. The molecule has 3 aromatic rings. The zero-order chi connectivity index (χ0) is 22.9. The van der Waals surface area contributed by atoms with Crippen molar-refractivity contribution in [2.24, 2.45) is 0 Å². The van der Waals surface area contributed by atoms with E-state index in [0.717, 1.165) is 12.0 Å². The van der Waals surface area contributed by atoms with Gasteiger partial charge in [0.1, 0.15) is 5.82 Å². The van der Waals surface area contributed by atoms with Gasteiger partial charge in [-0.1, -0.05) is 24.3 Å². The first-order valence-corrected chi connectivity index (χ1v) is 11.5. The van der Waals surface area contributed by atoms with E-state index in [9.17, 15) is 18.5 Å². The van der Waals surface area contributed by atoms with Gasteiger partial charge >= 0.3 is 5.97 Å². The first-order chi connectivity index (χ1) is 15.3. The molecule has 10 heteroatoms. The number of benzene rings is 2. The molecular weight excluding hydrogens is 433 g/mol. The van der Waals surface area contributed by atoms with Gasteiger partial charge in [0.05, 0.1) is 10.8 Å². The highest BCUT2D eigenvalue weighted by molar-refractivity contribution is 7.86. The van der Waals surface area contributed by atoms with Gasteiger partial charge in [0.15, 0.2) is 5.82 Å². The minimum absolute atomic E-state index is 0.0201. The number of nitrogens with one attached hydrogen (secondary N) is 1. The van der Waals surface area contributed by atoms with Gasteiger partial charge in [-0.2, -0.15) is 15.0 Å². The van der Waals surface area contributed by atoms with Crippen LogP contribution in [0.25, 0.3) is 11.4 Å². The standard InChI is InChI=1S/C22H22FN5O3S/c1-22(19(29)30,32(2)31)27-20-24-18(15-7-9-17(23)10-8-15)25-21(26-20)28-12-11-14-5-3-4-6-16(14)13-28/h3-10H,11-13H2,1-2H3,(H,29,30)(H,24,25,26,27)/t22?,32-/m1/s1. The lowest BCUT2D eigenvalue weighted by molar-refractivity contribution is -0.138. The predicted molar refractivity (Wildman–Crippen MR) is 120 cm³/mol. The summed E-state index contributed by atoms with van der Waals surface area (Å²) in [4.78, 5) is 25.3. The van der Waals surface area contributed by atoms with Gasteiger partial charge in [0.25, 0.3) is 0 Å². The van der Waals surface area contributed by atoms with Gasteiger partial charge in [-0.3, -0.25) is 4.21 Å². The maximum atomic E-state index is 13.4. The summed E-state index contributed by atoms with van der Waals surface area (Å²) < 4.78 is 25.6. The second kappa shape index (κ2) is 8.62. The smallest absolute Gasteiger partial charge is 0.342 e. The molecule has 4 rings (SSSR count). The lowest BCUT2D eigenvalue weighted by atomic mass is 10.0. The van der Waals surface area contributed by atoms with Crippen LogP contribution in [0.1, 0.15) is 18.1 Å². The molecule has 0 bridgehead atoms. The Balaban J connectivity index is 1.77. The number of aliphatic carboxylic acids is 1. The van der Waals surface area contributed by atoms with Crippen molar-refractivity contribution in [3.63, 3.8) is 0 Å². The SMILES string of the molecule is C[S@@](=O)C(C)(Nc1nc(-c2ccc(F)cc2)nc(N2CCc3ccccc3C2)n1)C(=O)O. The fourth-order valence-corrected chi connectivity index (χ4v) is 3.90. The van der Waals surface area contributed by atoms with Crippen LogP contribution < -0.4 is 10.2 Å². The Kier molecular flexibility index (Phi) is 5.88. The van der Waals surface area contributed by atoms with Crippen LogP contribution in [-0.2, 0) is 28.6 Å². The van der Waals surface area contributed by atoms with Crippen molar-refractivity contribution in [3.05, 3.63) is 65.5 Å². The van der Waals surface area contributed by atoms with E-state index in [1.165, 1.54) is 43.0 Å². The van der Waals surface area contributed by atoms with Crippen LogP contribution in [0.15, 0.2) is 48.5 Å². The highest BCUT2D eigenvalue weighted by Crippen LogP contribution is 2.26. The maximum Gasteiger partial charge on any atom is 0.342 e. The van der Waals surface area contributed by atoms with Crippen molar-refractivity contribution in [1.29, 1.82) is 0 Å². The Labute approximate surface area is 187 Å². The molecule has 1 unspecified atom stereocenters. The molecule has 0 saturated carbocycles. The number of anilines is 2. The number of carboxylic acid groups (broad SMARTS) is 1. The van der Waals surface area contributed by atoms with E-state index in [0.29, 0.717) is 24.6 Å². The number of hydrogen-bond acceptors (Lipinski definition) is 7. The largest absolute Gasteiger partial charge is 0.479 e. The van der Waals surface area contributed by atoms with Gasteiger partial charge in [-0.05, 0) is 48.7 Å². The van der Waals surface area contributed by atoms with E-state index < -0.39 is 27.5 Å². The summed E-state index contributed by atoms with van der Waals surface area (Å²) >= 11 is 0. The Morgan fingerprint density at radius 2 is 1.81 bits per heavy atom. The molecule has 166 valence electrons. The Morgan fingerprint density at radius 1 is 1.12 bits per heavy atom. The Morgan fingerprint density at radius 3 is 2.47 bits per heavy atom. The average Bonchev–Trinajstić information content (AvgIpc) is 2.78. The summed E-state index contributed by atoms with van der Waals surface area (Å²) in [5.41, 5.74) is 2.96. The van der Waals surface area contributed by atoms with Crippen LogP contribution in [0.5, 0.6) is 0 Å². The first kappa shape index (κ1) is 21.8. The fourth-order valence-electron chi connectivity index (χ4n) is 3.42. The van der Waals surface area contributed by atoms with Gasteiger partial charge in [0, 0.05) is 24.9 Å². The third-order valence-corrected chi connectivity index (χ3v) is 6.90. The lowest BCUT2D eigenvalue weighted by Crippen LogP contribution is -2.47. The molecule has 32 heavy (non-hydrogen) atoms. The summed E-state index contributed by atoms with van der Waals surface area (Å²) in [6.07, 6.45) is 2.11. The minimum Gasteiger partial charge on any atom is -0.479 e. The Bertz CT molecular complexity index is 1170. The third-order valence-electron chi connectivity index (χ3n) is 5.47. The van der Waals surface area contributed by atoms with Crippen LogP contribution in [0.4, 0.5) is 16.3 Å². The second-order valence-electron chi connectivity index (χ2n) is 7.65. The molecule has 0 fully saturated rings. The number of aromatic nitrogens is 3. The number of hydrogen-bond donors (Lipinski definition) is 2. The highest BCUT2D eigenvalue weighted by Gasteiger charge is 2.39. The summed E-state index contributed by atoms with van der Waals surface area (Å²) in [5, 5.41) is 12.3. The van der Waals surface area contributed by atoms with Gasteiger partial charge in [-0.15, -0.1) is 0 Å².